The Morgan fingerprint density at radius 3 is 2.24 bits per heavy atom. The van der Waals surface area contributed by atoms with E-state index in [-0.39, 0.29) is 23.9 Å². The number of methoxy groups -OCH3 is 1. The van der Waals surface area contributed by atoms with Crippen molar-refractivity contribution in [2.75, 3.05) is 14.2 Å². The number of carbonyl (C=O) groups is 1. The third-order valence-corrected chi connectivity index (χ3v) is 7.57. The molecule has 0 radical (unpaired) electrons. The van der Waals surface area contributed by atoms with Crippen molar-refractivity contribution in [1.82, 2.24) is 9.62 Å². The van der Waals surface area contributed by atoms with Gasteiger partial charge in [-0.1, -0.05) is 40.9 Å². The molecule has 3 aromatic rings. The summed E-state index contributed by atoms with van der Waals surface area (Å²) in [5.74, 6) is 0.124. The third-order valence-electron chi connectivity index (χ3n) is 4.91. The molecular weight excluding hydrogens is 507 g/mol. The summed E-state index contributed by atoms with van der Waals surface area (Å²) in [6.07, 6.45) is 0. The smallest absolute Gasteiger partial charge is 0.251 e. The van der Waals surface area contributed by atoms with Crippen molar-refractivity contribution in [2.24, 2.45) is 0 Å². The Morgan fingerprint density at radius 1 is 0.939 bits per heavy atom. The summed E-state index contributed by atoms with van der Waals surface area (Å²) in [6, 6.07) is 15.8. The lowest BCUT2D eigenvalue weighted by molar-refractivity contribution is 0.0950. The number of benzene rings is 3. The highest BCUT2D eigenvalue weighted by Crippen LogP contribution is 2.25. The van der Waals surface area contributed by atoms with Crippen LogP contribution in [0.15, 0.2) is 65.6 Å². The number of nitrogens with zero attached hydrogens (tertiary/aromatic N) is 1. The number of sulfonamides is 1. The summed E-state index contributed by atoms with van der Waals surface area (Å²) in [5, 5.41) is 4.20. The first-order chi connectivity index (χ1) is 15.6. The maximum Gasteiger partial charge on any atom is 0.251 e. The average Bonchev–Trinajstić information content (AvgIpc) is 2.78. The highest BCUT2D eigenvalue weighted by molar-refractivity contribution is 7.89. The molecule has 0 atom stereocenters. The predicted octanol–water partition coefficient (Wildman–Crippen LogP) is 5.41. The fourth-order valence-corrected chi connectivity index (χ4v) is 4.85. The first kappa shape index (κ1) is 25.3. The molecule has 1 N–H and O–H groups in total. The van der Waals surface area contributed by atoms with Crippen LogP contribution in [0.2, 0.25) is 15.1 Å². The van der Waals surface area contributed by atoms with Gasteiger partial charge in [-0.3, -0.25) is 4.79 Å². The Morgan fingerprint density at radius 2 is 1.61 bits per heavy atom. The molecule has 0 aliphatic heterocycles. The molecule has 0 aliphatic rings. The van der Waals surface area contributed by atoms with E-state index in [0.717, 1.165) is 5.56 Å². The van der Waals surface area contributed by atoms with Gasteiger partial charge >= 0.3 is 0 Å². The molecule has 0 aliphatic carbocycles. The summed E-state index contributed by atoms with van der Waals surface area (Å²) in [4.78, 5) is 12.8. The number of halogens is 3. The van der Waals surface area contributed by atoms with Crippen molar-refractivity contribution in [3.05, 3.63) is 92.4 Å². The molecule has 3 rings (SSSR count). The second kappa shape index (κ2) is 10.8. The van der Waals surface area contributed by atoms with Crippen LogP contribution in [0.5, 0.6) is 5.75 Å². The lowest BCUT2D eigenvalue weighted by Gasteiger charge is -2.19. The van der Waals surface area contributed by atoms with Crippen molar-refractivity contribution in [3.8, 4) is 5.75 Å². The van der Waals surface area contributed by atoms with Crippen LogP contribution in [0.1, 0.15) is 21.5 Å². The molecule has 10 heteroatoms. The van der Waals surface area contributed by atoms with Crippen LogP contribution in [0, 0.1) is 0 Å². The SMILES string of the molecule is COc1ccc(C(=O)NCc2ccc(Cl)cc2Cl)cc1CN(C)S(=O)(=O)c1ccc(Cl)cc1. The Labute approximate surface area is 208 Å². The Kier molecular flexibility index (Phi) is 8.26. The van der Waals surface area contributed by atoms with Gasteiger partial charge in [-0.15, -0.1) is 0 Å². The van der Waals surface area contributed by atoms with Gasteiger partial charge in [-0.2, -0.15) is 4.31 Å². The number of amides is 1. The van der Waals surface area contributed by atoms with Crippen molar-refractivity contribution in [1.29, 1.82) is 0 Å². The molecule has 0 saturated heterocycles. The topological polar surface area (TPSA) is 75.7 Å². The zero-order valence-corrected chi connectivity index (χ0v) is 20.9. The zero-order valence-electron chi connectivity index (χ0n) is 17.8. The Balaban J connectivity index is 1.78. The molecule has 0 bridgehead atoms. The molecule has 0 unspecified atom stereocenters. The quantitative estimate of drug-likeness (QED) is 0.425. The molecule has 0 fully saturated rings. The van der Waals surface area contributed by atoms with Gasteiger partial charge in [0.25, 0.3) is 5.91 Å². The van der Waals surface area contributed by atoms with Crippen molar-refractivity contribution >= 4 is 50.7 Å². The van der Waals surface area contributed by atoms with E-state index in [0.29, 0.717) is 31.9 Å². The fourth-order valence-electron chi connectivity index (χ4n) is 3.10. The summed E-state index contributed by atoms with van der Waals surface area (Å²) in [5.41, 5.74) is 1.61. The number of carbonyl (C=O) groups excluding carboxylic acids is 1. The zero-order chi connectivity index (χ0) is 24.2. The second-order valence-electron chi connectivity index (χ2n) is 7.16. The van der Waals surface area contributed by atoms with E-state index in [9.17, 15) is 13.2 Å². The lowest BCUT2D eigenvalue weighted by atomic mass is 10.1. The van der Waals surface area contributed by atoms with E-state index >= 15 is 0 Å². The van der Waals surface area contributed by atoms with Crippen LogP contribution < -0.4 is 10.1 Å². The number of rotatable bonds is 8. The maximum absolute atomic E-state index is 12.9. The Bertz CT molecular complexity index is 1270. The van der Waals surface area contributed by atoms with Crippen LogP contribution in [-0.4, -0.2) is 32.8 Å². The second-order valence-corrected chi connectivity index (χ2v) is 10.5. The first-order valence-electron chi connectivity index (χ1n) is 9.73. The largest absolute Gasteiger partial charge is 0.496 e. The minimum atomic E-state index is -3.77. The molecule has 0 aromatic heterocycles. The van der Waals surface area contributed by atoms with Crippen LogP contribution in [0.3, 0.4) is 0 Å². The molecule has 6 nitrogen and oxygen atoms in total. The van der Waals surface area contributed by atoms with Gasteiger partial charge in [0, 0.05) is 46.3 Å². The predicted molar refractivity (Wildman–Crippen MR) is 131 cm³/mol. The van der Waals surface area contributed by atoms with E-state index in [1.165, 1.54) is 42.7 Å². The number of ether oxygens (including phenoxy) is 1. The minimum absolute atomic E-state index is 0.00172. The van der Waals surface area contributed by atoms with E-state index in [1.54, 1.807) is 36.4 Å². The highest BCUT2D eigenvalue weighted by Gasteiger charge is 2.22. The van der Waals surface area contributed by atoms with Gasteiger partial charge in [-0.25, -0.2) is 8.42 Å². The molecule has 0 saturated carbocycles. The maximum atomic E-state index is 12.9. The number of hydrogen-bond donors (Lipinski definition) is 1. The molecule has 174 valence electrons. The summed E-state index contributed by atoms with van der Waals surface area (Å²) in [6.45, 7) is 0.208. The van der Waals surface area contributed by atoms with E-state index < -0.39 is 10.0 Å². The van der Waals surface area contributed by atoms with Crippen molar-refractivity contribution in [3.63, 3.8) is 0 Å². The summed E-state index contributed by atoms with van der Waals surface area (Å²) >= 11 is 17.9. The Hall–Kier alpha value is -2.29. The van der Waals surface area contributed by atoms with Crippen molar-refractivity contribution < 1.29 is 17.9 Å². The van der Waals surface area contributed by atoms with Gasteiger partial charge < -0.3 is 10.1 Å². The average molecular weight is 528 g/mol. The van der Waals surface area contributed by atoms with E-state index in [4.69, 9.17) is 39.5 Å². The van der Waals surface area contributed by atoms with Crippen molar-refractivity contribution in [2.45, 2.75) is 18.0 Å². The minimum Gasteiger partial charge on any atom is -0.496 e. The molecule has 3 aromatic carbocycles. The first-order valence-corrected chi connectivity index (χ1v) is 12.3. The normalized spacial score (nSPS) is 11.5. The van der Waals surface area contributed by atoms with Crippen LogP contribution in [0.25, 0.3) is 0 Å². The van der Waals surface area contributed by atoms with Gasteiger partial charge in [-0.05, 0) is 60.2 Å². The summed E-state index contributed by atoms with van der Waals surface area (Å²) < 4.78 is 32.4. The van der Waals surface area contributed by atoms with Crippen LogP contribution in [-0.2, 0) is 23.1 Å². The van der Waals surface area contributed by atoms with E-state index in [1.807, 2.05) is 0 Å². The molecule has 1 amide bonds. The van der Waals surface area contributed by atoms with Crippen LogP contribution >= 0.6 is 34.8 Å². The van der Waals surface area contributed by atoms with Gasteiger partial charge in [0.2, 0.25) is 10.0 Å². The number of nitrogens with one attached hydrogen (secondary N) is 1. The molecule has 33 heavy (non-hydrogen) atoms. The van der Waals surface area contributed by atoms with E-state index in [2.05, 4.69) is 5.32 Å². The van der Waals surface area contributed by atoms with Gasteiger partial charge in [0.1, 0.15) is 5.75 Å². The monoisotopic (exact) mass is 526 g/mol. The standard InChI is InChI=1S/C23H21Cl3N2O4S/c1-28(33(30,31)20-8-6-18(24)7-9-20)14-17-11-15(4-10-22(17)32-2)23(29)27-13-16-3-5-19(25)12-21(16)26/h3-12H,13-14H2,1-2H3,(H,27,29). The lowest BCUT2D eigenvalue weighted by Crippen LogP contribution is -2.27. The molecular formula is C23H21Cl3N2O4S. The fraction of sp³-hybridized carbons (Fsp3) is 0.174. The highest BCUT2D eigenvalue weighted by atomic mass is 35.5. The molecule has 0 heterocycles. The number of hydrogen-bond acceptors (Lipinski definition) is 4. The third kappa shape index (κ3) is 6.19. The van der Waals surface area contributed by atoms with Crippen LogP contribution in [0.4, 0.5) is 0 Å². The molecule has 0 spiro atoms. The van der Waals surface area contributed by atoms with Gasteiger partial charge in [0.15, 0.2) is 0 Å². The summed E-state index contributed by atoms with van der Waals surface area (Å²) in [7, 11) is -0.835. The van der Waals surface area contributed by atoms with Gasteiger partial charge in [0.05, 0.1) is 12.0 Å².